The highest BCUT2D eigenvalue weighted by Crippen LogP contribution is 2.23. The molecule has 5 nitrogen and oxygen atoms in total. The predicted octanol–water partition coefficient (Wildman–Crippen LogP) is 2.03. The van der Waals surface area contributed by atoms with E-state index in [4.69, 9.17) is 0 Å². The lowest BCUT2D eigenvalue weighted by Gasteiger charge is -2.06. The number of carbonyl (C=O) groups is 1. The van der Waals surface area contributed by atoms with E-state index < -0.39 is 0 Å². The smallest absolute Gasteiger partial charge is 0.222 e. The van der Waals surface area contributed by atoms with Gasteiger partial charge in [-0.15, -0.1) is 0 Å². The van der Waals surface area contributed by atoms with Crippen LogP contribution in [-0.2, 0) is 11.3 Å². The summed E-state index contributed by atoms with van der Waals surface area (Å²) in [6.07, 6.45) is 5.32. The van der Waals surface area contributed by atoms with Gasteiger partial charge in [-0.3, -0.25) is 14.8 Å². The lowest BCUT2D eigenvalue weighted by molar-refractivity contribution is -0.114. The molecule has 1 aliphatic heterocycles. The Morgan fingerprint density at radius 3 is 3.00 bits per heavy atom. The molecule has 1 N–H and O–H groups in total. The number of nitrogens with one attached hydrogen (secondary N) is 1. The van der Waals surface area contributed by atoms with Crippen molar-refractivity contribution in [2.24, 2.45) is 4.99 Å². The van der Waals surface area contributed by atoms with Crippen LogP contribution in [0.2, 0.25) is 0 Å². The summed E-state index contributed by atoms with van der Waals surface area (Å²) in [6.45, 7) is 2.12. The molecule has 0 aromatic carbocycles. The maximum atomic E-state index is 11.0. The molecule has 0 unspecified atom stereocenters. The van der Waals surface area contributed by atoms with Crippen molar-refractivity contribution in [3.05, 3.63) is 41.9 Å². The Morgan fingerprint density at radius 2 is 2.16 bits per heavy atom. The Bertz CT molecular complexity index is 679. The molecule has 19 heavy (non-hydrogen) atoms. The zero-order valence-electron chi connectivity index (χ0n) is 10.4. The van der Waals surface area contributed by atoms with Crippen LogP contribution >= 0.6 is 0 Å². The second-order valence-electron chi connectivity index (χ2n) is 4.34. The van der Waals surface area contributed by atoms with E-state index in [0.717, 1.165) is 22.4 Å². The number of anilines is 1. The van der Waals surface area contributed by atoms with Crippen LogP contribution in [0.1, 0.15) is 18.2 Å². The number of aromatic nitrogens is 2. The Balaban J connectivity index is 1.97. The Morgan fingerprint density at radius 1 is 1.26 bits per heavy atom. The number of fused-ring (bicyclic) bond motifs is 1. The zero-order valence-corrected chi connectivity index (χ0v) is 10.4. The van der Waals surface area contributed by atoms with Gasteiger partial charge in [0.15, 0.2) is 0 Å². The molecular formula is C14H12N4O. The summed E-state index contributed by atoms with van der Waals surface area (Å²) in [5, 5.41) is 2.67. The van der Waals surface area contributed by atoms with Crippen molar-refractivity contribution in [2.45, 2.75) is 13.5 Å². The average molecular weight is 252 g/mol. The van der Waals surface area contributed by atoms with Gasteiger partial charge in [0, 0.05) is 36.7 Å². The fourth-order valence-electron chi connectivity index (χ4n) is 2.00. The fraction of sp³-hybridized carbons (Fsp3) is 0.143. The van der Waals surface area contributed by atoms with Gasteiger partial charge < -0.3 is 5.32 Å². The third-order valence-electron chi connectivity index (χ3n) is 2.87. The largest absolute Gasteiger partial charge is 0.311 e. The van der Waals surface area contributed by atoms with E-state index in [1.165, 1.54) is 6.92 Å². The SMILES string of the molecule is CC(=O)Nc1cc(-c2cnc3c(c2)C=NC3)ccn1. The third-order valence-corrected chi connectivity index (χ3v) is 2.87. The monoisotopic (exact) mass is 252 g/mol. The van der Waals surface area contributed by atoms with Crippen LogP contribution in [0, 0.1) is 0 Å². The second kappa shape index (κ2) is 4.61. The third kappa shape index (κ3) is 2.35. The van der Waals surface area contributed by atoms with Crippen molar-refractivity contribution >= 4 is 17.9 Å². The number of aliphatic imine (C=N–C) groups is 1. The molecule has 94 valence electrons. The van der Waals surface area contributed by atoms with Crippen molar-refractivity contribution in [3.63, 3.8) is 0 Å². The van der Waals surface area contributed by atoms with Crippen LogP contribution in [0.5, 0.6) is 0 Å². The van der Waals surface area contributed by atoms with Crippen LogP contribution < -0.4 is 5.32 Å². The van der Waals surface area contributed by atoms with E-state index in [1.54, 1.807) is 6.20 Å². The number of amides is 1. The number of carbonyl (C=O) groups excluding carboxylic acids is 1. The van der Waals surface area contributed by atoms with Crippen molar-refractivity contribution in [1.29, 1.82) is 0 Å². The normalized spacial score (nSPS) is 12.3. The number of pyridine rings is 2. The molecule has 0 radical (unpaired) electrons. The second-order valence-corrected chi connectivity index (χ2v) is 4.34. The first-order valence-electron chi connectivity index (χ1n) is 5.95. The molecule has 0 fully saturated rings. The number of rotatable bonds is 2. The summed E-state index contributed by atoms with van der Waals surface area (Å²) < 4.78 is 0. The van der Waals surface area contributed by atoms with E-state index in [-0.39, 0.29) is 5.91 Å². The molecule has 0 spiro atoms. The van der Waals surface area contributed by atoms with Crippen molar-refractivity contribution in [2.75, 3.05) is 5.32 Å². The number of hydrogen-bond acceptors (Lipinski definition) is 4. The molecule has 1 amide bonds. The number of hydrogen-bond donors (Lipinski definition) is 1. The maximum Gasteiger partial charge on any atom is 0.222 e. The number of nitrogens with zero attached hydrogens (tertiary/aromatic N) is 3. The summed E-state index contributed by atoms with van der Waals surface area (Å²) in [5.74, 6) is 0.406. The van der Waals surface area contributed by atoms with Gasteiger partial charge >= 0.3 is 0 Å². The lowest BCUT2D eigenvalue weighted by atomic mass is 10.1. The molecule has 0 saturated heterocycles. The van der Waals surface area contributed by atoms with Crippen LogP contribution in [-0.4, -0.2) is 22.1 Å². The first-order valence-corrected chi connectivity index (χ1v) is 5.95. The maximum absolute atomic E-state index is 11.0. The van der Waals surface area contributed by atoms with Gasteiger partial charge in [0.1, 0.15) is 5.82 Å². The summed E-state index contributed by atoms with van der Waals surface area (Å²) in [6, 6.07) is 5.77. The van der Waals surface area contributed by atoms with Crippen molar-refractivity contribution in [1.82, 2.24) is 9.97 Å². The van der Waals surface area contributed by atoms with Crippen LogP contribution in [0.3, 0.4) is 0 Å². The molecule has 5 heteroatoms. The predicted molar refractivity (Wildman–Crippen MR) is 73.1 cm³/mol. The van der Waals surface area contributed by atoms with Crippen LogP contribution in [0.4, 0.5) is 5.82 Å². The zero-order chi connectivity index (χ0) is 13.2. The molecule has 0 atom stereocenters. The molecule has 0 saturated carbocycles. The van der Waals surface area contributed by atoms with Crippen LogP contribution in [0.15, 0.2) is 35.6 Å². The van der Waals surface area contributed by atoms with Gasteiger partial charge in [-0.2, -0.15) is 0 Å². The van der Waals surface area contributed by atoms with Crippen LogP contribution in [0.25, 0.3) is 11.1 Å². The Kier molecular flexibility index (Phi) is 2.79. The van der Waals surface area contributed by atoms with Crippen molar-refractivity contribution in [3.8, 4) is 11.1 Å². The fourth-order valence-corrected chi connectivity index (χ4v) is 2.00. The first kappa shape index (κ1) is 11.5. The highest BCUT2D eigenvalue weighted by molar-refractivity contribution is 5.89. The molecule has 1 aliphatic rings. The van der Waals surface area contributed by atoms with Gasteiger partial charge in [-0.05, 0) is 23.8 Å². The highest BCUT2D eigenvalue weighted by Gasteiger charge is 2.09. The van der Waals surface area contributed by atoms with Gasteiger partial charge in [0.2, 0.25) is 5.91 Å². The first-order chi connectivity index (χ1) is 9.22. The molecule has 0 aliphatic carbocycles. The van der Waals surface area contributed by atoms with E-state index in [9.17, 15) is 4.79 Å². The molecule has 3 heterocycles. The van der Waals surface area contributed by atoms with E-state index in [2.05, 4.69) is 20.3 Å². The topological polar surface area (TPSA) is 67.2 Å². The summed E-state index contributed by atoms with van der Waals surface area (Å²) in [4.78, 5) is 23.7. The molecule has 3 rings (SSSR count). The minimum absolute atomic E-state index is 0.135. The van der Waals surface area contributed by atoms with E-state index >= 15 is 0 Å². The average Bonchev–Trinajstić information content (AvgIpc) is 2.85. The Labute approximate surface area is 110 Å². The molecule has 2 aromatic heterocycles. The van der Waals surface area contributed by atoms with E-state index in [0.29, 0.717) is 12.4 Å². The quantitative estimate of drug-likeness (QED) is 0.889. The van der Waals surface area contributed by atoms with Gasteiger partial charge in [-0.1, -0.05) is 0 Å². The molecule has 2 aromatic rings. The Hall–Kier alpha value is -2.56. The molecular weight excluding hydrogens is 240 g/mol. The summed E-state index contributed by atoms with van der Waals surface area (Å²) >= 11 is 0. The lowest BCUT2D eigenvalue weighted by Crippen LogP contribution is -2.07. The standard InChI is InChI=1S/C14H12N4O/c1-9(19)18-14-5-10(2-3-16-14)11-4-12-6-15-8-13(12)17-7-11/h2-7H,8H2,1H3,(H,16,18,19). The van der Waals surface area contributed by atoms with Crippen molar-refractivity contribution < 1.29 is 4.79 Å². The highest BCUT2D eigenvalue weighted by atomic mass is 16.1. The van der Waals surface area contributed by atoms with Gasteiger partial charge in [0.05, 0.1) is 12.2 Å². The van der Waals surface area contributed by atoms with Gasteiger partial charge in [-0.25, -0.2) is 4.98 Å². The van der Waals surface area contributed by atoms with E-state index in [1.807, 2.05) is 30.6 Å². The summed E-state index contributed by atoms with van der Waals surface area (Å²) in [5.41, 5.74) is 4.01. The van der Waals surface area contributed by atoms with Gasteiger partial charge in [0.25, 0.3) is 0 Å². The summed E-state index contributed by atoms with van der Waals surface area (Å²) in [7, 11) is 0. The minimum Gasteiger partial charge on any atom is -0.311 e. The molecule has 0 bridgehead atoms. The minimum atomic E-state index is -0.135.